The molecule has 2 aromatic heterocycles. The summed E-state index contributed by atoms with van der Waals surface area (Å²) >= 11 is 0. The van der Waals surface area contributed by atoms with Crippen molar-refractivity contribution in [3.8, 4) is 0 Å². The van der Waals surface area contributed by atoms with Gasteiger partial charge in [-0.15, -0.1) is 0 Å². The third kappa shape index (κ3) is 3.14. The van der Waals surface area contributed by atoms with Gasteiger partial charge in [-0.25, -0.2) is 4.98 Å². The summed E-state index contributed by atoms with van der Waals surface area (Å²) in [5.41, 5.74) is 2.20. The Morgan fingerprint density at radius 2 is 2.16 bits per heavy atom. The fraction of sp³-hybridized carbons (Fsp3) is 0.444. The monoisotopic (exact) mass is 338 g/mol. The maximum Gasteiger partial charge on any atom is 0.254 e. The number of amides is 1. The number of nitrogens with one attached hydrogen (secondary N) is 1. The van der Waals surface area contributed by atoms with Crippen LogP contribution in [0.3, 0.4) is 0 Å². The van der Waals surface area contributed by atoms with Crippen LogP contribution in [0.4, 0.5) is 0 Å². The van der Waals surface area contributed by atoms with Gasteiger partial charge in [-0.3, -0.25) is 4.79 Å². The lowest BCUT2D eigenvalue weighted by molar-refractivity contribution is 0.0595. The number of imidazole rings is 1. The molecule has 1 aliphatic rings. The predicted octanol–water partition coefficient (Wildman–Crippen LogP) is 2.55. The van der Waals surface area contributed by atoms with Gasteiger partial charge < -0.3 is 9.47 Å². The van der Waals surface area contributed by atoms with Crippen molar-refractivity contribution in [1.29, 1.82) is 0 Å². The van der Waals surface area contributed by atoms with Gasteiger partial charge in [-0.1, -0.05) is 0 Å². The number of carbonyl (C=O) groups is 1. The van der Waals surface area contributed by atoms with Crippen LogP contribution in [0.5, 0.6) is 0 Å². The number of aromatic nitrogens is 5. The molecule has 0 spiro atoms. The number of aromatic amines is 1. The first kappa shape index (κ1) is 15.8. The molecule has 1 fully saturated rings. The van der Waals surface area contributed by atoms with Gasteiger partial charge in [0.05, 0.1) is 0 Å². The van der Waals surface area contributed by atoms with Crippen molar-refractivity contribution in [2.24, 2.45) is 0 Å². The summed E-state index contributed by atoms with van der Waals surface area (Å²) in [6, 6.07) is 5.79. The fourth-order valence-electron chi connectivity index (χ4n) is 3.64. The lowest BCUT2D eigenvalue weighted by Gasteiger charge is -2.36. The number of aryl methyl sites for hydroxylation is 2. The standard InChI is InChI=1S/C18H22N6O/c1-13-19-8-11-23(13)10-7-15-4-2-3-9-24(15)18(25)14-5-6-16-17(12-14)21-22-20-16/h5-6,8,11-12,15H,2-4,7,9-10H2,1H3,(H,20,21,22)/t15-/m0/s1. The number of carbonyl (C=O) groups excluding carboxylic acids is 1. The van der Waals surface area contributed by atoms with Crippen molar-refractivity contribution in [2.45, 2.75) is 45.2 Å². The molecule has 0 saturated carbocycles. The van der Waals surface area contributed by atoms with Crippen LogP contribution in [-0.4, -0.2) is 48.4 Å². The highest BCUT2D eigenvalue weighted by Gasteiger charge is 2.27. The van der Waals surface area contributed by atoms with Crippen LogP contribution in [0.25, 0.3) is 11.0 Å². The van der Waals surface area contributed by atoms with Gasteiger partial charge in [-0.05, 0) is 50.8 Å². The Kier molecular flexibility index (Phi) is 4.21. The predicted molar refractivity (Wildman–Crippen MR) is 94.1 cm³/mol. The second-order valence-corrected chi connectivity index (χ2v) is 6.63. The average molecular weight is 338 g/mol. The second kappa shape index (κ2) is 6.66. The molecular weight excluding hydrogens is 316 g/mol. The van der Waals surface area contributed by atoms with Gasteiger partial charge in [-0.2, -0.15) is 15.4 Å². The van der Waals surface area contributed by atoms with E-state index in [0.717, 1.165) is 49.2 Å². The highest BCUT2D eigenvalue weighted by molar-refractivity contribution is 5.97. The first-order valence-corrected chi connectivity index (χ1v) is 8.81. The molecule has 4 rings (SSSR count). The molecule has 1 saturated heterocycles. The third-order valence-electron chi connectivity index (χ3n) is 5.08. The SMILES string of the molecule is Cc1nccn1CC[C@@H]1CCCCN1C(=O)c1ccc2n[nH]nc2c1. The summed E-state index contributed by atoms with van der Waals surface area (Å²) in [6.07, 6.45) is 8.09. The molecule has 1 aliphatic heterocycles. The van der Waals surface area contributed by atoms with E-state index in [0.29, 0.717) is 5.56 Å². The van der Waals surface area contributed by atoms with Crippen LogP contribution in [-0.2, 0) is 6.54 Å². The molecule has 3 heterocycles. The first-order valence-electron chi connectivity index (χ1n) is 8.81. The Hall–Kier alpha value is -2.70. The van der Waals surface area contributed by atoms with Crippen molar-refractivity contribution in [3.63, 3.8) is 0 Å². The Morgan fingerprint density at radius 1 is 1.28 bits per heavy atom. The van der Waals surface area contributed by atoms with E-state index in [4.69, 9.17) is 0 Å². The number of rotatable bonds is 4. The van der Waals surface area contributed by atoms with Gasteiger partial charge in [0.1, 0.15) is 16.9 Å². The van der Waals surface area contributed by atoms with E-state index in [-0.39, 0.29) is 11.9 Å². The zero-order valence-electron chi connectivity index (χ0n) is 14.4. The van der Waals surface area contributed by atoms with Gasteiger partial charge in [0.2, 0.25) is 0 Å². The second-order valence-electron chi connectivity index (χ2n) is 6.63. The first-order chi connectivity index (χ1) is 12.2. The van der Waals surface area contributed by atoms with E-state index in [9.17, 15) is 4.79 Å². The molecule has 1 atom stereocenters. The van der Waals surface area contributed by atoms with Crippen molar-refractivity contribution in [2.75, 3.05) is 6.54 Å². The van der Waals surface area contributed by atoms with Gasteiger partial charge in [0.15, 0.2) is 0 Å². The number of hydrogen-bond donors (Lipinski definition) is 1. The number of fused-ring (bicyclic) bond motifs is 1. The van der Waals surface area contributed by atoms with E-state index in [1.54, 1.807) is 0 Å². The zero-order valence-corrected chi connectivity index (χ0v) is 14.4. The summed E-state index contributed by atoms with van der Waals surface area (Å²) in [7, 11) is 0. The Morgan fingerprint density at radius 3 is 3.00 bits per heavy atom. The number of likely N-dealkylation sites (tertiary alicyclic amines) is 1. The number of piperidine rings is 1. The molecular formula is C18H22N6O. The van der Waals surface area contributed by atoms with Crippen LogP contribution < -0.4 is 0 Å². The van der Waals surface area contributed by atoms with Crippen LogP contribution >= 0.6 is 0 Å². The summed E-state index contributed by atoms with van der Waals surface area (Å²) in [5, 5.41) is 10.7. The maximum absolute atomic E-state index is 13.1. The summed E-state index contributed by atoms with van der Waals surface area (Å²) in [5.74, 6) is 1.11. The molecule has 3 aromatic rings. The van der Waals surface area contributed by atoms with Gasteiger partial charge >= 0.3 is 0 Å². The molecule has 1 N–H and O–H groups in total. The molecule has 0 radical (unpaired) electrons. The Labute approximate surface area is 146 Å². The van der Waals surface area contributed by atoms with Gasteiger partial charge in [0, 0.05) is 37.1 Å². The molecule has 0 unspecified atom stereocenters. The van der Waals surface area contributed by atoms with Crippen molar-refractivity contribution in [3.05, 3.63) is 42.0 Å². The molecule has 25 heavy (non-hydrogen) atoms. The Bertz CT molecular complexity index is 882. The zero-order chi connectivity index (χ0) is 17.2. The molecule has 7 nitrogen and oxygen atoms in total. The smallest absolute Gasteiger partial charge is 0.254 e. The van der Waals surface area contributed by atoms with E-state index in [1.165, 1.54) is 6.42 Å². The summed E-state index contributed by atoms with van der Waals surface area (Å²) < 4.78 is 2.15. The van der Waals surface area contributed by atoms with Crippen molar-refractivity contribution in [1.82, 2.24) is 29.9 Å². The summed E-state index contributed by atoms with van der Waals surface area (Å²) in [6.45, 7) is 3.72. The van der Waals surface area contributed by atoms with E-state index < -0.39 is 0 Å². The quantitative estimate of drug-likeness (QED) is 0.793. The molecule has 0 aliphatic carbocycles. The van der Waals surface area contributed by atoms with E-state index >= 15 is 0 Å². The maximum atomic E-state index is 13.1. The van der Waals surface area contributed by atoms with Crippen LogP contribution in [0.15, 0.2) is 30.6 Å². The lowest BCUT2D eigenvalue weighted by atomic mass is 9.98. The molecule has 0 bridgehead atoms. The summed E-state index contributed by atoms with van der Waals surface area (Å²) in [4.78, 5) is 19.4. The third-order valence-corrected chi connectivity index (χ3v) is 5.08. The number of hydrogen-bond acceptors (Lipinski definition) is 4. The van der Waals surface area contributed by atoms with E-state index in [1.807, 2.05) is 42.4 Å². The molecule has 7 heteroatoms. The fourth-order valence-corrected chi connectivity index (χ4v) is 3.64. The minimum atomic E-state index is 0.0944. The highest BCUT2D eigenvalue weighted by atomic mass is 16.2. The van der Waals surface area contributed by atoms with Gasteiger partial charge in [0.25, 0.3) is 5.91 Å². The number of benzene rings is 1. The lowest BCUT2D eigenvalue weighted by Crippen LogP contribution is -2.44. The normalized spacial score (nSPS) is 18.0. The number of nitrogens with zero attached hydrogens (tertiary/aromatic N) is 5. The topological polar surface area (TPSA) is 79.7 Å². The minimum absolute atomic E-state index is 0.0944. The largest absolute Gasteiger partial charge is 0.336 e. The van der Waals surface area contributed by atoms with Crippen LogP contribution in [0, 0.1) is 6.92 Å². The molecule has 1 aromatic carbocycles. The van der Waals surface area contributed by atoms with Crippen LogP contribution in [0.2, 0.25) is 0 Å². The highest BCUT2D eigenvalue weighted by Crippen LogP contribution is 2.23. The van der Waals surface area contributed by atoms with Crippen molar-refractivity contribution >= 4 is 16.9 Å². The average Bonchev–Trinajstić information content (AvgIpc) is 3.27. The molecule has 1 amide bonds. The minimum Gasteiger partial charge on any atom is -0.336 e. The Balaban J connectivity index is 1.51. The molecule has 130 valence electrons. The van der Waals surface area contributed by atoms with Crippen molar-refractivity contribution < 1.29 is 4.79 Å². The number of H-pyrrole nitrogens is 1. The van der Waals surface area contributed by atoms with E-state index in [2.05, 4.69) is 25.0 Å². The van der Waals surface area contributed by atoms with Crippen LogP contribution in [0.1, 0.15) is 41.9 Å².